The first-order valence-corrected chi connectivity index (χ1v) is 9.57. The lowest BCUT2D eigenvalue weighted by atomic mass is 10.1. The van der Waals surface area contributed by atoms with Gasteiger partial charge in [0.2, 0.25) is 10.0 Å². The summed E-state index contributed by atoms with van der Waals surface area (Å²) in [5.41, 5.74) is 0.110. The Kier molecular flexibility index (Phi) is 4.30. The summed E-state index contributed by atoms with van der Waals surface area (Å²) < 4.78 is 49.6. The van der Waals surface area contributed by atoms with E-state index < -0.39 is 49.5 Å². The Morgan fingerprint density at radius 3 is 2.45 bits per heavy atom. The van der Waals surface area contributed by atoms with Crippen molar-refractivity contribution in [3.63, 3.8) is 0 Å². The lowest BCUT2D eigenvalue weighted by Gasteiger charge is -2.16. The quantitative estimate of drug-likeness (QED) is 0.642. The number of aromatic carboxylic acids is 1. The average Bonchev–Trinajstić information content (AvgIpc) is 2.61. The summed E-state index contributed by atoms with van der Waals surface area (Å²) in [5.74, 6) is -2.28. The van der Waals surface area contributed by atoms with Gasteiger partial charge in [-0.15, -0.1) is 0 Å². The van der Waals surface area contributed by atoms with Crippen molar-refractivity contribution in [2.24, 2.45) is 0 Å². The number of nitrogens with one attached hydrogen (secondary N) is 1. The van der Waals surface area contributed by atoms with Crippen LogP contribution >= 0.6 is 0 Å². The van der Waals surface area contributed by atoms with Crippen LogP contribution in [0.3, 0.4) is 0 Å². The molecular formula is C12H15NO7S2. The number of hydrogen-bond donors (Lipinski definition) is 3. The van der Waals surface area contributed by atoms with Crippen LogP contribution in [0.15, 0.2) is 23.1 Å². The highest BCUT2D eigenvalue weighted by Crippen LogP contribution is 2.20. The average molecular weight is 349 g/mol. The number of sulfonamides is 1. The summed E-state index contributed by atoms with van der Waals surface area (Å²) in [7, 11) is -7.65. The number of hydrogen-bond acceptors (Lipinski definition) is 6. The number of aryl methyl sites for hydroxylation is 1. The zero-order chi connectivity index (χ0) is 16.7. The van der Waals surface area contributed by atoms with Crippen molar-refractivity contribution in [2.45, 2.75) is 24.0 Å². The van der Waals surface area contributed by atoms with Crippen molar-refractivity contribution < 1.29 is 31.8 Å². The first-order chi connectivity index (χ1) is 10.0. The lowest BCUT2D eigenvalue weighted by molar-refractivity contribution is 0.0696. The first-order valence-electron chi connectivity index (χ1n) is 6.26. The second-order valence-electron chi connectivity index (χ2n) is 5.16. The molecule has 1 heterocycles. The molecule has 0 radical (unpaired) electrons. The number of sulfone groups is 1. The third-order valence-corrected chi connectivity index (χ3v) is 6.70. The van der Waals surface area contributed by atoms with Crippen LogP contribution in [0.2, 0.25) is 0 Å². The van der Waals surface area contributed by atoms with Crippen molar-refractivity contribution in [1.29, 1.82) is 0 Å². The van der Waals surface area contributed by atoms with Gasteiger partial charge in [-0.25, -0.2) is 26.4 Å². The van der Waals surface area contributed by atoms with Crippen molar-refractivity contribution in [3.8, 4) is 0 Å². The summed E-state index contributed by atoms with van der Waals surface area (Å²) in [5, 5.41) is 18.6. The van der Waals surface area contributed by atoms with Crippen molar-refractivity contribution >= 4 is 25.8 Å². The molecule has 22 heavy (non-hydrogen) atoms. The fourth-order valence-corrected chi connectivity index (χ4v) is 5.61. The van der Waals surface area contributed by atoms with E-state index in [0.29, 0.717) is 5.56 Å². The molecule has 1 fully saturated rings. The maximum Gasteiger partial charge on any atom is 0.335 e. The van der Waals surface area contributed by atoms with Gasteiger partial charge in [-0.05, 0) is 24.6 Å². The van der Waals surface area contributed by atoms with E-state index in [1.165, 1.54) is 19.1 Å². The highest BCUT2D eigenvalue weighted by Gasteiger charge is 2.39. The van der Waals surface area contributed by atoms with Gasteiger partial charge in [-0.2, -0.15) is 0 Å². The van der Waals surface area contributed by atoms with Crippen LogP contribution in [-0.4, -0.2) is 56.7 Å². The molecule has 0 bridgehead atoms. The molecule has 1 aliphatic heterocycles. The number of aliphatic hydroxyl groups excluding tert-OH is 1. The number of benzene rings is 1. The maximum absolute atomic E-state index is 12.3. The molecule has 0 unspecified atom stereocenters. The Labute approximate surface area is 127 Å². The van der Waals surface area contributed by atoms with E-state index in [2.05, 4.69) is 4.72 Å². The molecule has 0 aliphatic carbocycles. The Morgan fingerprint density at radius 2 is 1.95 bits per heavy atom. The topological polar surface area (TPSA) is 138 Å². The number of carboxylic acids is 1. The molecule has 10 heteroatoms. The van der Waals surface area contributed by atoms with Gasteiger partial charge in [0.25, 0.3) is 0 Å². The number of rotatable bonds is 4. The molecule has 3 N–H and O–H groups in total. The highest BCUT2D eigenvalue weighted by atomic mass is 32.2. The third kappa shape index (κ3) is 3.46. The van der Waals surface area contributed by atoms with E-state index in [0.717, 1.165) is 6.07 Å². The van der Waals surface area contributed by atoms with Gasteiger partial charge in [0.1, 0.15) is 0 Å². The Hall–Kier alpha value is -1.49. The summed E-state index contributed by atoms with van der Waals surface area (Å²) in [6, 6.07) is 2.46. The highest BCUT2D eigenvalue weighted by molar-refractivity contribution is 7.92. The molecule has 1 saturated heterocycles. The number of carboxylic acid groups (broad SMARTS) is 1. The summed E-state index contributed by atoms with van der Waals surface area (Å²) in [6.07, 6.45) is -1.33. The number of carbonyl (C=O) groups is 1. The number of aliphatic hydroxyl groups is 1. The minimum atomic E-state index is -4.15. The molecule has 2 atom stereocenters. The van der Waals surface area contributed by atoms with E-state index in [1.54, 1.807) is 0 Å². The van der Waals surface area contributed by atoms with Crippen LogP contribution in [0, 0.1) is 6.92 Å². The van der Waals surface area contributed by atoms with E-state index >= 15 is 0 Å². The molecule has 2 rings (SSSR count). The molecular weight excluding hydrogens is 334 g/mol. The maximum atomic E-state index is 12.3. The SMILES string of the molecule is Cc1ccc(C(=O)O)cc1S(=O)(=O)N[C@H]1CS(=O)(=O)C[C@@H]1O. The van der Waals surface area contributed by atoms with E-state index in [9.17, 15) is 26.7 Å². The minimum Gasteiger partial charge on any atom is -0.478 e. The second kappa shape index (κ2) is 5.61. The molecule has 0 amide bonds. The monoisotopic (exact) mass is 349 g/mol. The molecule has 1 aromatic rings. The second-order valence-corrected chi connectivity index (χ2v) is 8.99. The molecule has 0 spiro atoms. The molecule has 122 valence electrons. The van der Waals surface area contributed by atoms with Crippen molar-refractivity contribution in [3.05, 3.63) is 29.3 Å². The normalized spacial score (nSPS) is 24.3. The molecule has 0 aromatic heterocycles. The minimum absolute atomic E-state index is 0.203. The van der Waals surface area contributed by atoms with Gasteiger partial charge in [-0.3, -0.25) is 0 Å². The fraction of sp³-hybridized carbons (Fsp3) is 0.417. The zero-order valence-electron chi connectivity index (χ0n) is 11.6. The van der Waals surface area contributed by atoms with Gasteiger partial charge in [0.05, 0.1) is 34.1 Å². The van der Waals surface area contributed by atoms with Crippen molar-refractivity contribution in [1.82, 2.24) is 4.72 Å². The third-order valence-electron chi connectivity index (χ3n) is 3.35. The Balaban J connectivity index is 2.35. The molecule has 1 aromatic carbocycles. The van der Waals surface area contributed by atoms with Crippen molar-refractivity contribution in [2.75, 3.05) is 11.5 Å². The summed E-state index contributed by atoms with van der Waals surface area (Å²) in [6.45, 7) is 1.49. The predicted octanol–water partition coefficient (Wildman–Crippen LogP) is -0.871. The van der Waals surface area contributed by atoms with E-state index in [4.69, 9.17) is 5.11 Å². The smallest absolute Gasteiger partial charge is 0.335 e. The predicted molar refractivity (Wildman–Crippen MR) is 76.9 cm³/mol. The van der Waals surface area contributed by atoms with E-state index in [-0.39, 0.29) is 10.5 Å². The zero-order valence-corrected chi connectivity index (χ0v) is 13.2. The standard InChI is InChI=1S/C12H15NO7S2/c1-7-2-3-8(12(15)16)4-11(7)22(19,20)13-9-5-21(17,18)6-10(9)14/h2-4,9-10,13-14H,5-6H2,1H3,(H,15,16)/t9-,10-/m0/s1. The summed E-state index contributed by atoms with van der Waals surface area (Å²) >= 11 is 0. The summed E-state index contributed by atoms with van der Waals surface area (Å²) in [4.78, 5) is 10.7. The van der Waals surface area contributed by atoms with Crippen LogP contribution < -0.4 is 4.72 Å². The fourth-order valence-electron chi connectivity index (χ4n) is 2.23. The van der Waals surface area contributed by atoms with Crippen LogP contribution in [0.5, 0.6) is 0 Å². The van der Waals surface area contributed by atoms with Crippen LogP contribution in [0.4, 0.5) is 0 Å². The van der Waals surface area contributed by atoms with Crippen LogP contribution in [0.1, 0.15) is 15.9 Å². The van der Waals surface area contributed by atoms with Gasteiger partial charge in [-0.1, -0.05) is 6.07 Å². The van der Waals surface area contributed by atoms with Gasteiger partial charge < -0.3 is 10.2 Å². The molecule has 8 nitrogen and oxygen atoms in total. The van der Waals surface area contributed by atoms with Gasteiger partial charge in [0, 0.05) is 0 Å². The van der Waals surface area contributed by atoms with Gasteiger partial charge >= 0.3 is 5.97 Å². The molecule has 0 saturated carbocycles. The van der Waals surface area contributed by atoms with Crippen LogP contribution in [0.25, 0.3) is 0 Å². The largest absolute Gasteiger partial charge is 0.478 e. The molecule has 1 aliphatic rings. The lowest BCUT2D eigenvalue weighted by Crippen LogP contribution is -2.42. The van der Waals surface area contributed by atoms with Crippen LogP contribution in [-0.2, 0) is 19.9 Å². The Bertz CT molecular complexity index is 814. The first kappa shape index (κ1) is 16.9. The van der Waals surface area contributed by atoms with E-state index in [1.807, 2.05) is 0 Å². The Morgan fingerprint density at radius 1 is 1.32 bits per heavy atom. The van der Waals surface area contributed by atoms with Gasteiger partial charge in [0.15, 0.2) is 9.84 Å².